The number of piperazine rings is 1. The van der Waals surface area contributed by atoms with Crippen LogP contribution >= 0.6 is 0 Å². The highest BCUT2D eigenvalue weighted by Crippen LogP contribution is 2.18. The Morgan fingerprint density at radius 3 is 2.62 bits per heavy atom. The molecule has 2 heterocycles. The first-order valence-electron chi connectivity index (χ1n) is 8.91. The van der Waals surface area contributed by atoms with E-state index in [1.54, 1.807) is 19.1 Å². The second kappa shape index (κ2) is 9.10. The van der Waals surface area contributed by atoms with E-state index in [0.29, 0.717) is 25.7 Å². The van der Waals surface area contributed by atoms with Gasteiger partial charge < -0.3 is 24.4 Å². The lowest BCUT2D eigenvalue weighted by Gasteiger charge is -2.39. The molecule has 2 fully saturated rings. The first kappa shape index (κ1) is 19.6. The molecule has 7 nitrogen and oxygen atoms in total. The zero-order chi connectivity index (χ0) is 17.7. The Kier molecular flexibility index (Phi) is 7.43. The van der Waals surface area contributed by atoms with E-state index >= 15 is 0 Å². The highest BCUT2D eigenvalue weighted by molar-refractivity contribution is 5.76. The lowest BCUT2D eigenvalue weighted by molar-refractivity contribution is -0.158. The number of methoxy groups -OCH3 is 1. The summed E-state index contributed by atoms with van der Waals surface area (Å²) < 4.78 is 10.7. The number of nitrogens with zero attached hydrogens (tertiary/aromatic N) is 3. The highest BCUT2D eigenvalue weighted by Gasteiger charge is 2.36. The summed E-state index contributed by atoms with van der Waals surface area (Å²) in [4.78, 5) is 18.9. The van der Waals surface area contributed by atoms with Crippen molar-refractivity contribution < 1.29 is 19.4 Å². The van der Waals surface area contributed by atoms with Crippen LogP contribution in [0, 0.1) is 0 Å². The molecule has 0 spiro atoms. The quantitative estimate of drug-likeness (QED) is 0.710. The number of aliphatic hydroxyl groups excluding tert-OH is 1. The molecule has 2 rings (SSSR count). The maximum Gasteiger partial charge on any atom is 0.222 e. The Balaban J connectivity index is 1.78. The number of rotatable bonds is 6. The molecule has 1 amide bonds. The molecule has 0 aromatic heterocycles. The first-order chi connectivity index (χ1) is 11.4. The van der Waals surface area contributed by atoms with Gasteiger partial charge in [-0.1, -0.05) is 0 Å². The van der Waals surface area contributed by atoms with E-state index in [-0.39, 0.29) is 18.1 Å². The zero-order valence-corrected chi connectivity index (χ0v) is 15.5. The Morgan fingerprint density at radius 1 is 1.33 bits per heavy atom. The summed E-state index contributed by atoms with van der Waals surface area (Å²) in [6.45, 7) is 7.22. The first-order valence-corrected chi connectivity index (χ1v) is 8.91. The van der Waals surface area contributed by atoms with Gasteiger partial charge in [0.05, 0.1) is 19.3 Å². The van der Waals surface area contributed by atoms with Crippen molar-refractivity contribution in [1.29, 1.82) is 0 Å². The van der Waals surface area contributed by atoms with E-state index in [4.69, 9.17) is 9.47 Å². The topological polar surface area (TPSA) is 65.5 Å². The molecular weight excluding hydrogens is 310 g/mol. The Hall–Kier alpha value is -0.730. The van der Waals surface area contributed by atoms with E-state index < -0.39 is 6.10 Å². The second-order valence-electron chi connectivity index (χ2n) is 7.10. The van der Waals surface area contributed by atoms with E-state index in [1.807, 2.05) is 0 Å². The van der Waals surface area contributed by atoms with Crippen LogP contribution in [-0.2, 0) is 14.3 Å². The molecule has 7 heteroatoms. The van der Waals surface area contributed by atoms with Gasteiger partial charge >= 0.3 is 0 Å². The van der Waals surface area contributed by atoms with Crippen LogP contribution in [0.25, 0.3) is 0 Å². The van der Waals surface area contributed by atoms with Gasteiger partial charge in [-0.05, 0) is 20.4 Å². The standard InChI is InChI=1S/C17H33N3O4/c1-13(20-9-7-18(2)8-10-20)5-6-16(21)19(3)14-11-24-12-15(23-4)17(14)22/h13-15,17,22H,5-12H2,1-4H3/t13-,14-,15-,17+/m1/s1. The molecule has 2 aliphatic rings. The fraction of sp³-hybridized carbons (Fsp3) is 0.941. The highest BCUT2D eigenvalue weighted by atomic mass is 16.5. The van der Waals surface area contributed by atoms with Gasteiger partial charge in [0, 0.05) is 52.8 Å². The largest absolute Gasteiger partial charge is 0.388 e. The maximum absolute atomic E-state index is 12.5. The van der Waals surface area contributed by atoms with Crippen molar-refractivity contribution in [3.63, 3.8) is 0 Å². The third kappa shape index (κ3) is 4.89. The normalized spacial score (nSPS) is 31.0. The van der Waals surface area contributed by atoms with Crippen molar-refractivity contribution >= 4 is 5.91 Å². The second-order valence-corrected chi connectivity index (χ2v) is 7.10. The molecule has 0 aromatic rings. The van der Waals surface area contributed by atoms with Gasteiger partial charge in [-0.2, -0.15) is 0 Å². The summed E-state index contributed by atoms with van der Waals surface area (Å²) in [5.74, 6) is 0.0559. The molecule has 1 N–H and O–H groups in total. The minimum atomic E-state index is -0.701. The molecule has 0 radical (unpaired) electrons. The van der Waals surface area contributed by atoms with Crippen molar-refractivity contribution in [1.82, 2.24) is 14.7 Å². The number of carbonyl (C=O) groups is 1. The molecule has 0 bridgehead atoms. The van der Waals surface area contributed by atoms with Gasteiger partial charge in [-0.15, -0.1) is 0 Å². The average Bonchev–Trinajstić information content (AvgIpc) is 2.59. The van der Waals surface area contributed by atoms with Crippen LogP contribution in [0.4, 0.5) is 0 Å². The molecule has 140 valence electrons. The van der Waals surface area contributed by atoms with Crippen LogP contribution in [0.2, 0.25) is 0 Å². The summed E-state index contributed by atoms with van der Waals surface area (Å²) in [5, 5.41) is 10.3. The number of likely N-dealkylation sites (N-methyl/N-ethyl adjacent to an activating group) is 2. The zero-order valence-electron chi connectivity index (χ0n) is 15.5. The SMILES string of the molecule is CO[C@@H]1COC[C@@H](N(C)C(=O)CC[C@@H](C)N2CCN(C)CC2)[C@@H]1O. The van der Waals surface area contributed by atoms with E-state index in [0.717, 1.165) is 32.6 Å². The van der Waals surface area contributed by atoms with Crippen LogP contribution < -0.4 is 0 Å². The van der Waals surface area contributed by atoms with E-state index in [9.17, 15) is 9.90 Å². The third-order valence-corrected chi connectivity index (χ3v) is 5.48. The molecule has 24 heavy (non-hydrogen) atoms. The molecular formula is C17H33N3O4. The number of hydrogen-bond donors (Lipinski definition) is 1. The predicted molar refractivity (Wildman–Crippen MR) is 91.9 cm³/mol. The number of ether oxygens (including phenoxy) is 2. The number of carbonyl (C=O) groups excluding carboxylic acids is 1. The van der Waals surface area contributed by atoms with Crippen molar-refractivity contribution in [2.24, 2.45) is 0 Å². The summed E-state index contributed by atoms with van der Waals surface area (Å²) in [6, 6.07) is 0.0606. The average molecular weight is 343 g/mol. The monoisotopic (exact) mass is 343 g/mol. The van der Waals surface area contributed by atoms with Crippen molar-refractivity contribution in [3.8, 4) is 0 Å². The van der Waals surface area contributed by atoms with Crippen molar-refractivity contribution in [2.45, 2.75) is 44.1 Å². The van der Waals surface area contributed by atoms with E-state index in [1.165, 1.54) is 0 Å². The lowest BCUT2D eigenvalue weighted by Crippen LogP contribution is -2.56. The maximum atomic E-state index is 12.5. The summed E-state index contributed by atoms with van der Waals surface area (Å²) >= 11 is 0. The molecule has 0 saturated carbocycles. The minimum absolute atomic E-state index is 0.0559. The van der Waals surface area contributed by atoms with Gasteiger partial charge in [-0.3, -0.25) is 9.69 Å². The summed E-state index contributed by atoms with van der Waals surface area (Å²) in [5.41, 5.74) is 0. The molecule has 0 unspecified atom stereocenters. The molecule has 2 saturated heterocycles. The van der Waals surface area contributed by atoms with Crippen LogP contribution in [0.1, 0.15) is 19.8 Å². The van der Waals surface area contributed by atoms with Gasteiger partial charge in [0.15, 0.2) is 0 Å². The minimum Gasteiger partial charge on any atom is -0.388 e. The Labute approximate surface area is 145 Å². The van der Waals surface area contributed by atoms with Gasteiger partial charge in [0.1, 0.15) is 12.2 Å². The molecule has 4 atom stereocenters. The number of amides is 1. The van der Waals surface area contributed by atoms with E-state index in [2.05, 4.69) is 23.8 Å². The predicted octanol–water partition coefficient (Wildman–Crippen LogP) is -0.364. The van der Waals surface area contributed by atoms with Crippen molar-refractivity contribution in [3.05, 3.63) is 0 Å². The van der Waals surface area contributed by atoms with Gasteiger partial charge in [0.25, 0.3) is 0 Å². The Bertz CT molecular complexity index is 401. The molecule has 0 aromatic carbocycles. The smallest absolute Gasteiger partial charge is 0.222 e. The Morgan fingerprint density at radius 2 is 2.00 bits per heavy atom. The van der Waals surface area contributed by atoms with Gasteiger partial charge in [0.2, 0.25) is 5.91 Å². The molecule has 0 aliphatic carbocycles. The van der Waals surface area contributed by atoms with Crippen LogP contribution in [-0.4, -0.2) is 111 Å². The third-order valence-electron chi connectivity index (χ3n) is 5.48. The summed E-state index contributed by atoms with van der Waals surface area (Å²) in [6.07, 6.45) is 0.255. The van der Waals surface area contributed by atoms with Gasteiger partial charge in [-0.25, -0.2) is 0 Å². The fourth-order valence-electron chi connectivity index (χ4n) is 3.44. The van der Waals surface area contributed by atoms with Crippen LogP contribution in [0.3, 0.4) is 0 Å². The fourth-order valence-corrected chi connectivity index (χ4v) is 3.44. The summed E-state index contributed by atoms with van der Waals surface area (Å²) in [7, 11) is 5.45. The number of aliphatic hydroxyl groups is 1. The lowest BCUT2D eigenvalue weighted by atomic mass is 10.0. The van der Waals surface area contributed by atoms with Crippen molar-refractivity contribution in [2.75, 3.05) is 60.6 Å². The number of hydrogen-bond acceptors (Lipinski definition) is 6. The molecule has 2 aliphatic heterocycles. The van der Waals surface area contributed by atoms with Crippen LogP contribution in [0.15, 0.2) is 0 Å². The van der Waals surface area contributed by atoms with Crippen LogP contribution in [0.5, 0.6) is 0 Å².